The predicted octanol–water partition coefficient (Wildman–Crippen LogP) is 4.09. The zero-order valence-corrected chi connectivity index (χ0v) is 16.7. The Morgan fingerprint density at radius 1 is 1.12 bits per heavy atom. The standard InChI is InChI=1S/C23H17FN6O2/c24-19-6-1-14(20-7-8-21-22(27-20)29-30-28-21)11-18(19)23(31)26-15-2-4-16(5-3-15)32-17-9-13(10-17)12-25/h1-8,11,13,17H,9-10H2,(H,26,31)(H,27,28,29,30). The molecular weight excluding hydrogens is 411 g/mol. The number of aromatic nitrogens is 4. The summed E-state index contributed by atoms with van der Waals surface area (Å²) in [4.78, 5) is 17.1. The molecule has 0 spiro atoms. The molecule has 0 atom stereocenters. The van der Waals surface area contributed by atoms with Crippen molar-refractivity contribution in [3.63, 3.8) is 0 Å². The van der Waals surface area contributed by atoms with E-state index >= 15 is 0 Å². The van der Waals surface area contributed by atoms with E-state index in [4.69, 9.17) is 10.00 Å². The Hall–Kier alpha value is -4.32. The molecule has 2 aromatic heterocycles. The van der Waals surface area contributed by atoms with Gasteiger partial charge in [-0.2, -0.15) is 15.6 Å². The molecule has 0 unspecified atom stereocenters. The number of fused-ring (bicyclic) bond motifs is 1. The smallest absolute Gasteiger partial charge is 0.258 e. The van der Waals surface area contributed by atoms with Gasteiger partial charge in [-0.1, -0.05) is 0 Å². The van der Waals surface area contributed by atoms with Gasteiger partial charge in [0, 0.05) is 24.1 Å². The van der Waals surface area contributed by atoms with E-state index in [9.17, 15) is 9.18 Å². The summed E-state index contributed by atoms with van der Waals surface area (Å²) in [5.74, 6) is -0.480. The molecule has 8 nitrogen and oxygen atoms in total. The molecule has 5 rings (SSSR count). The molecule has 0 bridgehead atoms. The topological polar surface area (TPSA) is 117 Å². The van der Waals surface area contributed by atoms with E-state index in [1.54, 1.807) is 42.5 Å². The summed E-state index contributed by atoms with van der Waals surface area (Å²) in [6.07, 6.45) is 1.49. The van der Waals surface area contributed by atoms with Crippen LogP contribution in [0.4, 0.5) is 10.1 Å². The van der Waals surface area contributed by atoms with Crippen LogP contribution >= 0.6 is 0 Å². The number of nitrogens with one attached hydrogen (secondary N) is 2. The lowest BCUT2D eigenvalue weighted by Gasteiger charge is -2.30. The Morgan fingerprint density at radius 2 is 1.94 bits per heavy atom. The van der Waals surface area contributed by atoms with Crippen LogP contribution in [0.15, 0.2) is 54.6 Å². The summed E-state index contributed by atoms with van der Waals surface area (Å²) in [6.45, 7) is 0. The molecule has 1 aliphatic carbocycles. The molecular formula is C23H17FN6O2. The Kier molecular flexibility index (Phi) is 4.95. The SMILES string of the molecule is N#CC1CC(Oc2ccc(NC(=O)c3cc(-c4ccc5n[nH]nc5n4)ccc3F)cc2)C1. The quantitative estimate of drug-likeness (QED) is 0.494. The van der Waals surface area contributed by atoms with E-state index in [1.165, 1.54) is 12.1 Å². The number of benzene rings is 2. The van der Waals surface area contributed by atoms with Gasteiger partial charge in [0.15, 0.2) is 0 Å². The molecule has 1 aliphatic rings. The maximum absolute atomic E-state index is 14.4. The molecule has 9 heteroatoms. The lowest BCUT2D eigenvalue weighted by Crippen LogP contribution is -2.32. The van der Waals surface area contributed by atoms with Crippen LogP contribution in [0.5, 0.6) is 5.75 Å². The number of rotatable bonds is 5. The zero-order chi connectivity index (χ0) is 22.1. The fourth-order valence-corrected chi connectivity index (χ4v) is 3.53. The summed E-state index contributed by atoms with van der Waals surface area (Å²) in [5.41, 5.74) is 2.60. The maximum Gasteiger partial charge on any atom is 0.258 e. The molecule has 2 aromatic carbocycles. The lowest BCUT2D eigenvalue weighted by molar-refractivity contribution is 0.0893. The fraction of sp³-hybridized carbons (Fsp3) is 0.174. The highest BCUT2D eigenvalue weighted by molar-refractivity contribution is 6.05. The maximum atomic E-state index is 14.4. The largest absolute Gasteiger partial charge is 0.490 e. The van der Waals surface area contributed by atoms with Crippen LogP contribution in [-0.4, -0.2) is 32.4 Å². The molecule has 0 saturated heterocycles. The number of ether oxygens (including phenoxy) is 1. The first-order valence-electron chi connectivity index (χ1n) is 10.0. The van der Waals surface area contributed by atoms with Crippen LogP contribution in [-0.2, 0) is 0 Å². The van der Waals surface area contributed by atoms with E-state index in [2.05, 4.69) is 31.8 Å². The number of nitriles is 1. The van der Waals surface area contributed by atoms with Crippen molar-refractivity contribution in [2.24, 2.45) is 5.92 Å². The van der Waals surface area contributed by atoms with Crippen molar-refractivity contribution in [2.45, 2.75) is 18.9 Å². The first-order chi connectivity index (χ1) is 15.6. The first kappa shape index (κ1) is 19.6. The van der Waals surface area contributed by atoms with Gasteiger partial charge < -0.3 is 10.1 Å². The number of hydrogen-bond acceptors (Lipinski definition) is 6. The second kappa shape index (κ2) is 8.07. The summed E-state index contributed by atoms with van der Waals surface area (Å²) < 4.78 is 20.2. The monoisotopic (exact) mass is 428 g/mol. The van der Waals surface area contributed by atoms with Crippen molar-refractivity contribution in [3.8, 4) is 23.1 Å². The van der Waals surface area contributed by atoms with E-state index in [0.717, 1.165) is 12.8 Å². The lowest BCUT2D eigenvalue weighted by atomic mass is 9.83. The Labute approximate surface area is 182 Å². The van der Waals surface area contributed by atoms with Gasteiger partial charge in [0.05, 0.1) is 23.2 Å². The molecule has 1 saturated carbocycles. The van der Waals surface area contributed by atoms with E-state index in [-0.39, 0.29) is 17.6 Å². The second-order valence-electron chi connectivity index (χ2n) is 7.57. The van der Waals surface area contributed by atoms with E-state index in [0.29, 0.717) is 33.9 Å². The number of carbonyl (C=O) groups is 1. The highest BCUT2D eigenvalue weighted by Gasteiger charge is 2.30. The number of carbonyl (C=O) groups excluding carboxylic acids is 1. The normalized spacial score (nSPS) is 17.4. The van der Waals surface area contributed by atoms with Gasteiger partial charge in [0.1, 0.15) is 23.2 Å². The van der Waals surface area contributed by atoms with Crippen LogP contribution in [0.1, 0.15) is 23.2 Å². The molecule has 2 N–H and O–H groups in total. The van der Waals surface area contributed by atoms with Crippen LogP contribution in [0.3, 0.4) is 0 Å². The molecule has 158 valence electrons. The minimum Gasteiger partial charge on any atom is -0.490 e. The molecule has 0 radical (unpaired) electrons. The Balaban J connectivity index is 1.30. The third-order valence-electron chi connectivity index (χ3n) is 5.38. The number of halogens is 1. The second-order valence-corrected chi connectivity index (χ2v) is 7.57. The number of aromatic amines is 1. The van der Waals surface area contributed by atoms with Gasteiger partial charge in [-0.3, -0.25) is 4.79 Å². The average Bonchev–Trinajstić information content (AvgIpc) is 3.25. The molecule has 2 heterocycles. The number of H-pyrrole nitrogens is 1. The van der Waals surface area contributed by atoms with E-state index < -0.39 is 11.7 Å². The number of amides is 1. The summed E-state index contributed by atoms with van der Waals surface area (Å²) >= 11 is 0. The zero-order valence-electron chi connectivity index (χ0n) is 16.7. The highest BCUT2D eigenvalue weighted by atomic mass is 19.1. The van der Waals surface area contributed by atoms with Gasteiger partial charge >= 0.3 is 0 Å². The molecule has 0 aliphatic heterocycles. The van der Waals surface area contributed by atoms with Crippen molar-refractivity contribution in [1.29, 1.82) is 5.26 Å². The van der Waals surface area contributed by atoms with Crippen LogP contribution in [0.25, 0.3) is 22.4 Å². The van der Waals surface area contributed by atoms with E-state index in [1.807, 2.05) is 0 Å². The molecule has 4 aromatic rings. The van der Waals surface area contributed by atoms with Gasteiger partial charge in [0.2, 0.25) is 5.65 Å². The van der Waals surface area contributed by atoms with Crippen LogP contribution < -0.4 is 10.1 Å². The van der Waals surface area contributed by atoms with Crippen molar-refractivity contribution in [2.75, 3.05) is 5.32 Å². The van der Waals surface area contributed by atoms with Crippen molar-refractivity contribution >= 4 is 22.8 Å². The van der Waals surface area contributed by atoms with Crippen molar-refractivity contribution in [1.82, 2.24) is 20.4 Å². The van der Waals surface area contributed by atoms with Gasteiger partial charge in [0.25, 0.3) is 5.91 Å². The van der Waals surface area contributed by atoms with Crippen LogP contribution in [0, 0.1) is 23.1 Å². The molecule has 1 fully saturated rings. The predicted molar refractivity (Wildman–Crippen MR) is 114 cm³/mol. The fourth-order valence-electron chi connectivity index (χ4n) is 3.53. The van der Waals surface area contributed by atoms with Crippen molar-refractivity contribution in [3.05, 3.63) is 66.0 Å². The number of pyridine rings is 1. The Morgan fingerprint density at radius 3 is 2.72 bits per heavy atom. The minimum absolute atomic E-state index is 0.0435. The van der Waals surface area contributed by atoms with Gasteiger partial charge in [-0.25, -0.2) is 9.37 Å². The Bertz CT molecular complexity index is 1340. The summed E-state index contributed by atoms with van der Waals surface area (Å²) in [6, 6.07) is 16.8. The van der Waals surface area contributed by atoms with Crippen molar-refractivity contribution < 1.29 is 13.9 Å². The number of hydrogen-bond donors (Lipinski definition) is 2. The average molecular weight is 428 g/mol. The summed E-state index contributed by atoms with van der Waals surface area (Å²) in [5, 5.41) is 21.9. The van der Waals surface area contributed by atoms with Gasteiger partial charge in [-0.15, -0.1) is 5.10 Å². The number of nitrogens with zero attached hydrogens (tertiary/aromatic N) is 4. The highest BCUT2D eigenvalue weighted by Crippen LogP contribution is 2.31. The summed E-state index contributed by atoms with van der Waals surface area (Å²) in [7, 11) is 0. The third-order valence-corrected chi connectivity index (χ3v) is 5.38. The first-order valence-corrected chi connectivity index (χ1v) is 10.0. The van der Waals surface area contributed by atoms with Crippen LogP contribution in [0.2, 0.25) is 0 Å². The number of anilines is 1. The molecule has 1 amide bonds. The minimum atomic E-state index is -0.634. The third kappa shape index (κ3) is 3.86. The van der Waals surface area contributed by atoms with Gasteiger partial charge in [-0.05, 0) is 54.6 Å². The molecule has 32 heavy (non-hydrogen) atoms.